The van der Waals surface area contributed by atoms with Gasteiger partial charge in [0.05, 0.1) is 7.11 Å². The summed E-state index contributed by atoms with van der Waals surface area (Å²) < 4.78 is 5.43. The number of carbonyl (C=O) groups excluding carboxylic acids is 2. The third-order valence-electron chi connectivity index (χ3n) is 4.71. The van der Waals surface area contributed by atoms with Crippen molar-refractivity contribution < 1.29 is 14.3 Å². The van der Waals surface area contributed by atoms with Gasteiger partial charge in [0.1, 0.15) is 11.8 Å². The Morgan fingerprint density at radius 3 is 2.68 bits per heavy atom. The van der Waals surface area contributed by atoms with E-state index in [-0.39, 0.29) is 11.7 Å². The van der Waals surface area contributed by atoms with Crippen LogP contribution in [0.4, 0.5) is 0 Å². The number of nitrogens with two attached hydrogens (primary N) is 1. The van der Waals surface area contributed by atoms with E-state index in [1.807, 2.05) is 35.2 Å². The molecular formula is C20H22N2O3. The molecule has 0 fully saturated rings. The van der Waals surface area contributed by atoms with Crippen molar-refractivity contribution in [1.29, 1.82) is 0 Å². The predicted octanol–water partition coefficient (Wildman–Crippen LogP) is 2.48. The minimum absolute atomic E-state index is 0.000607. The van der Waals surface area contributed by atoms with E-state index in [1.165, 1.54) is 6.92 Å². The molecule has 0 bridgehead atoms. The summed E-state index contributed by atoms with van der Waals surface area (Å²) >= 11 is 0. The maximum atomic E-state index is 12.1. The second kappa shape index (κ2) is 7.07. The van der Waals surface area contributed by atoms with Crippen LogP contribution in [0.5, 0.6) is 5.75 Å². The predicted molar refractivity (Wildman–Crippen MR) is 95.5 cm³/mol. The van der Waals surface area contributed by atoms with Crippen molar-refractivity contribution in [3.8, 4) is 5.75 Å². The van der Waals surface area contributed by atoms with Crippen LogP contribution in [-0.4, -0.2) is 30.2 Å². The number of methoxy groups -OCH3 is 1. The Bertz CT molecular complexity index is 816. The number of Topliss-reactive ketones (excluding diaryl/α,β-unsaturated/α-hetero) is 1. The van der Waals surface area contributed by atoms with E-state index < -0.39 is 6.04 Å². The van der Waals surface area contributed by atoms with Crippen LogP contribution in [0, 0.1) is 0 Å². The zero-order valence-corrected chi connectivity index (χ0v) is 14.5. The van der Waals surface area contributed by atoms with Crippen LogP contribution in [0.25, 0.3) is 0 Å². The lowest BCUT2D eigenvalue weighted by molar-refractivity contribution is -0.124. The fourth-order valence-corrected chi connectivity index (χ4v) is 3.46. The number of nitrogens with zero attached hydrogens (tertiary/aromatic N) is 1. The molecule has 1 aliphatic heterocycles. The second-order valence-electron chi connectivity index (χ2n) is 6.31. The van der Waals surface area contributed by atoms with E-state index in [4.69, 9.17) is 10.5 Å². The molecule has 0 aliphatic carbocycles. The van der Waals surface area contributed by atoms with Crippen LogP contribution >= 0.6 is 0 Å². The average Bonchev–Trinajstić information content (AvgIpc) is 2.61. The molecule has 2 aromatic carbocycles. The van der Waals surface area contributed by atoms with Gasteiger partial charge in [-0.2, -0.15) is 0 Å². The van der Waals surface area contributed by atoms with Crippen molar-refractivity contribution in [3.63, 3.8) is 0 Å². The molecule has 5 nitrogen and oxygen atoms in total. The highest BCUT2D eigenvalue weighted by Gasteiger charge is 2.31. The Labute approximate surface area is 147 Å². The molecule has 0 saturated carbocycles. The number of hydrogen-bond acceptors (Lipinski definition) is 4. The number of amides is 1. The molecule has 0 aromatic heterocycles. The van der Waals surface area contributed by atoms with Crippen LogP contribution < -0.4 is 10.5 Å². The van der Waals surface area contributed by atoms with E-state index >= 15 is 0 Å². The Morgan fingerprint density at radius 2 is 2.00 bits per heavy atom. The maximum absolute atomic E-state index is 12.1. The van der Waals surface area contributed by atoms with E-state index in [9.17, 15) is 9.59 Å². The van der Waals surface area contributed by atoms with Gasteiger partial charge in [0.25, 0.3) is 0 Å². The molecule has 1 amide bonds. The number of hydrogen-bond donors (Lipinski definition) is 1. The first-order chi connectivity index (χ1) is 12.0. The van der Waals surface area contributed by atoms with E-state index in [0.717, 1.165) is 29.7 Å². The standard InChI is InChI=1S/C20H22N2O3/c1-13(23)15-7-8-18(25-2)16(11-15)12-22-10-9-14-5-3-4-6-17(14)19(22)20(21)24/h3-8,11,19H,9-10,12H2,1-2H3,(H2,21,24). The van der Waals surface area contributed by atoms with Gasteiger partial charge in [0.2, 0.25) is 5.91 Å². The molecule has 2 aromatic rings. The van der Waals surface area contributed by atoms with Gasteiger partial charge in [-0.15, -0.1) is 0 Å². The van der Waals surface area contributed by atoms with Crippen molar-refractivity contribution in [1.82, 2.24) is 4.90 Å². The number of rotatable bonds is 5. The number of fused-ring (bicyclic) bond motifs is 1. The monoisotopic (exact) mass is 338 g/mol. The third kappa shape index (κ3) is 3.42. The smallest absolute Gasteiger partial charge is 0.239 e. The first-order valence-electron chi connectivity index (χ1n) is 8.30. The van der Waals surface area contributed by atoms with Crippen molar-refractivity contribution in [2.24, 2.45) is 5.73 Å². The summed E-state index contributed by atoms with van der Waals surface area (Å²) in [5.41, 5.74) is 9.33. The molecule has 0 saturated heterocycles. The van der Waals surface area contributed by atoms with Crippen molar-refractivity contribution in [2.45, 2.75) is 25.9 Å². The van der Waals surface area contributed by atoms with Gasteiger partial charge in [0, 0.05) is 24.2 Å². The minimum atomic E-state index is -0.476. The van der Waals surface area contributed by atoms with Crippen molar-refractivity contribution >= 4 is 11.7 Å². The van der Waals surface area contributed by atoms with Gasteiger partial charge in [-0.1, -0.05) is 24.3 Å². The summed E-state index contributed by atoms with van der Waals surface area (Å²) in [6.07, 6.45) is 0.856. The number of carbonyl (C=O) groups is 2. The molecule has 5 heteroatoms. The largest absolute Gasteiger partial charge is 0.496 e. The Balaban J connectivity index is 1.96. The van der Waals surface area contributed by atoms with Gasteiger partial charge in [0.15, 0.2) is 5.78 Å². The van der Waals surface area contributed by atoms with E-state index in [2.05, 4.69) is 0 Å². The highest BCUT2D eigenvalue weighted by atomic mass is 16.5. The number of primary amides is 1. The molecule has 1 atom stereocenters. The summed E-state index contributed by atoms with van der Waals surface area (Å²) in [4.78, 5) is 25.9. The molecule has 130 valence electrons. The lowest BCUT2D eigenvalue weighted by Gasteiger charge is -2.35. The van der Waals surface area contributed by atoms with Crippen LogP contribution in [0.15, 0.2) is 42.5 Å². The van der Waals surface area contributed by atoms with Crippen molar-refractivity contribution in [2.75, 3.05) is 13.7 Å². The molecule has 1 heterocycles. The second-order valence-corrected chi connectivity index (χ2v) is 6.31. The lowest BCUT2D eigenvalue weighted by atomic mass is 9.91. The Hall–Kier alpha value is -2.66. The molecular weight excluding hydrogens is 316 g/mol. The minimum Gasteiger partial charge on any atom is -0.496 e. The van der Waals surface area contributed by atoms with Gasteiger partial charge < -0.3 is 10.5 Å². The van der Waals surface area contributed by atoms with Gasteiger partial charge in [-0.25, -0.2) is 0 Å². The molecule has 25 heavy (non-hydrogen) atoms. The van der Waals surface area contributed by atoms with Crippen LogP contribution in [-0.2, 0) is 17.8 Å². The molecule has 0 radical (unpaired) electrons. The van der Waals surface area contributed by atoms with Gasteiger partial charge in [-0.3, -0.25) is 14.5 Å². The third-order valence-corrected chi connectivity index (χ3v) is 4.71. The summed E-state index contributed by atoms with van der Waals surface area (Å²) in [6, 6.07) is 12.8. The summed E-state index contributed by atoms with van der Waals surface area (Å²) in [6.45, 7) is 2.75. The normalized spacial score (nSPS) is 17.0. The fourth-order valence-electron chi connectivity index (χ4n) is 3.46. The molecule has 1 aliphatic rings. The van der Waals surface area contributed by atoms with Crippen LogP contribution in [0.1, 0.15) is 40.0 Å². The van der Waals surface area contributed by atoms with E-state index in [1.54, 1.807) is 19.2 Å². The zero-order valence-electron chi connectivity index (χ0n) is 14.5. The molecule has 3 rings (SSSR count). The Morgan fingerprint density at radius 1 is 1.24 bits per heavy atom. The fraction of sp³-hybridized carbons (Fsp3) is 0.300. The lowest BCUT2D eigenvalue weighted by Crippen LogP contribution is -2.42. The molecule has 0 spiro atoms. The van der Waals surface area contributed by atoms with E-state index in [0.29, 0.717) is 17.9 Å². The van der Waals surface area contributed by atoms with Crippen LogP contribution in [0.2, 0.25) is 0 Å². The SMILES string of the molecule is COc1ccc(C(C)=O)cc1CN1CCc2ccccc2C1C(N)=O. The maximum Gasteiger partial charge on any atom is 0.239 e. The summed E-state index contributed by atoms with van der Waals surface area (Å²) in [5.74, 6) is 0.334. The summed E-state index contributed by atoms with van der Waals surface area (Å²) in [5, 5.41) is 0. The quantitative estimate of drug-likeness (QED) is 0.850. The zero-order chi connectivity index (χ0) is 18.0. The first kappa shape index (κ1) is 17.2. The van der Waals surface area contributed by atoms with Crippen LogP contribution in [0.3, 0.4) is 0 Å². The number of benzene rings is 2. The van der Waals surface area contributed by atoms with Gasteiger partial charge in [-0.05, 0) is 42.7 Å². The topological polar surface area (TPSA) is 72.6 Å². The number of ether oxygens (including phenoxy) is 1. The molecule has 1 unspecified atom stereocenters. The highest BCUT2D eigenvalue weighted by molar-refractivity contribution is 5.94. The number of ketones is 1. The highest BCUT2D eigenvalue weighted by Crippen LogP contribution is 2.32. The van der Waals surface area contributed by atoms with Gasteiger partial charge >= 0.3 is 0 Å². The summed E-state index contributed by atoms with van der Waals surface area (Å²) in [7, 11) is 1.60. The van der Waals surface area contributed by atoms with Crippen molar-refractivity contribution in [3.05, 3.63) is 64.7 Å². The average molecular weight is 338 g/mol. The Kier molecular flexibility index (Phi) is 4.86. The molecule has 2 N–H and O–H groups in total. The first-order valence-corrected chi connectivity index (χ1v) is 8.30.